The second-order valence-corrected chi connectivity index (χ2v) is 7.97. The number of urea groups is 1. The number of benzene rings is 1. The highest BCUT2D eigenvalue weighted by Crippen LogP contribution is 2.22. The van der Waals surface area contributed by atoms with Crippen LogP contribution in [-0.2, 0) is 17.9 Å². The number of fused-ring (bicyclic) bond motifs is 1. The van der Waals surface area contributed by atoms with Gasteiger partial charge in [-0.1, -0.05) is 29.3 Å². The van der Waals surface area contributed by atoms with Crippen molar-refractivity contribution in [1.29, 1.82) is 0 Å². The molecule has 1 aliphatic rings. The number of rotatable bonds is 4. The van der Waals surface area contributed by atoms with Gasteiger partial charge in [0, 0.05) is 46.5 Å². The fourth-order valence-electron chi connectivity index (χ4n) is 3.52. The Morgan fingerprint density at radius 3 is 2.34 bits per heavy atom. The number of amides is 2. The number of aromatic nitrogens is 2. The predicted octanol–water partition coefficient (Wildman–Crippen LogP) is 2.96. The van der Waals surface area contributed by atoms with Gasteiger partial charge in [0.25, 0.3) is 0 Å². The molecular weight excluding hydrogens is 427 g/mol. The number of carboxylic acid groups (broad SMARTS) is 1. The lowest BCUT2D eigenvalue weighted by Crippen LogP contribution is -2.44. The van der Waals surface area contributed by atoms with E-state index >= 15 is 0 Å². The summed E-state index contributed by atoms with van der Waals surface area (Å²) in [6.45, 7) is 7.52. The molecule has 2 aromatic rings. The Morgan fingerprint density at radius 2 is 1.81 bits per heavy atom. The van der Waals surface area contributed by atoms with Gasteiger partial charge in [-0.15, -0.1) is 0 Å². The van der Waals surface area contributed by atoms with Gasteiger partial charge < -0.3 is 15.3 Å². The maximum atomic E-state index is 11.9. The van der Waals surface area contributed by atoms with E-state index in [0.717, 1.165) is 19.6 Å². The lowest BCUT2D eigenvalue weighted by atomic mass is 10.1. The number of nitrogens with zero attached hydrogens (tertiary/aromatic N) is 4. The molecule has 2 amide bonds. The number of alkyl halides is 3. The van der Waals surface area contributed by atoms with Gasteiger partial charge in [-0.3, -0.25) is 9.58 Å². The largest absolute Gasteiger partial charge is 0.490 e. The Kier molecular flexibility index (Phi) is 8.25. The minimum Gasteiger partial charge on any atom is -0.475 e. The molecule has 1 aromatic heterocycles. The first kappa shape index (κ1) is 25.2. The normalized spacial score (nSPS) is 15.9. The van der Waals surface area contributed by atoms with Gasteiger partial charge in [0.2, 0.25) is 0 Å². The lowest BCUT2D eigenvalue weighted by Gasteiger charge is -2.34. The van der Waals surface area contributed by atoms with Crippen molar-refractivity contribution in [2.75, 3.05) is 27.2 Å². The van der Waals surface area contributed by atoms with Crippen LogP contribution < -0.4 is 5.32 Å². The molecule has 32 heavy (non-hydrogen) atoms. The van der Waals surface area contributed by atoms with Crippen LogP contribution in [0.5, 0.6) is 0 Å². The molecule has 0 bridgehead atoms. The Hall–Kier alpha value is -3.08. The lowest BCUT2D eigenvalue weighted by molar-refractivity contribution is -0.192. The first-order chi connectivity index (χ1) is 14.9. The molecule has 2 heterocycles. The Bertz CT molecular complexity index is 923. The number of aryl methyl sites for hydroxylation is 2. The van der Waals surface area contributed by atoms with Crippen molar-refractivity contribution in [3.05, 3.63) is 52.8 Å². The molecule has 1 unspecified atom stereocenters. The summed E-state index contributed by atoms with van der Waals surface area (Å²) in [6, 6.07) is 8.85. The smallest absolute Gasteiger partial charge is 0.475 e. The highest BCUT2D eigenvalue weighted by atomic mass is 19.4. The second kappa shape index (κ2) is 10.5. The highest BCUT2D eigenvalue weighted by Gasteiger charge is 2.38. The van der Waals surface area contributed by atoms with Crippen LogP contribution in [0.1, 0.15) is 28.4 Å². The van der Waals surface area contributed by atoms with Crippen molar-refractivity contribution in [3.63, 3.8) is 0 Å². The van der Waals surface area contributed by atoms with Gasteiger partial charge in [0.05, 0.1) is 11.7 Å². The summed E-state index contributed by atoms with van der Waals surface area (Å²) in [6.07, 6.45) is -3.24. The van der Waals surface area contributed by atoms with Gasteiger partial charge >= 0.3 is 18.2 Å². The molecule has 0 spiro atoms. The topological polar surface area (TPSA) is 90.7 Å². The van der Waals surface area contributed by atoms with Gasteiger partial charge in [-0.2, -0.15) is 18.3 Å². The van der Waals surface area contributed by atoms with E-state index < -0.39 is 12.1 Å². The third-order valence-electron chi connectivity index (χ3n) is 4.78. The molecule has 0 fully saturated rings. The SMILES string of the molecule is Cc1cc(C)cc(CN2Cc3ccnn3C(CNC(=O)N(C)C)C2)c1.O=C(O)C(F)(F)F. The number of carboxylic acids is 1. The number of nitrogens with one attached hydrogen (secondary N) is 1. The average Bonchev–Trinajstić information content (AvgIpc) is 3.13. The van der Waals surface area contributed by atoms with E-state index in [-0.39, 0.29) is 12.1 Å². The van der Waals surface area contributed by atoms with Crippen molar-refractivity contribution in [2.45, 2.75) is 39.2 Å². The first-order valence-corrected chi connectivity index (χ1v) is 9.94. The molecule has 1 aromatic carbocycles. The molecule has 11 heteroatoms. The van der Waals surface area contributed by atoms with Crippen LogP contribution in [0.4, 0.5) is 18.0 Å². The van der Waals surface area contributed by atoms with E-state index in [1.54, 1.807) is 19.0 Å². The van der Waals surface area contributed by atoms with E-state index in [0.29, 0.717) is 6.54 Å². The number of halogens is 3. The van der Waals surface area contributed by atoms with Crippen LogP contribution in [0.2, 0.25) is 0 Å². The fourth-order valence-corrected chi connectivity index (χ4v) is 3.52. The fraction of sp³-hybridized carbons (Fsp3) is 0.476. The van der Waals surface area contributed by atoms with Crippen LogP contribution in [0, 0.1) is 13.8 Å². The molecule has 0 radical (unpaired) electrons. The number of aliphatic carboxylic acids is 1. The quantitative estimate of drug-likeness (QED) is 0.740. The van der Waals surface area contributed by atoms with Crippen LogP contribution in [0.3, 0.4) is 0 Å². The van der Waals surface area contributed by atoms with Crippen LogP contribution >= 0.6 is 0 Å². The van der Waals surface area contributed by atoms with Crippen LogP contribution in [0.15, 0.2) is 30.5 Å². The molecule has 1 aliphatic heterocycles. The number of carbonyl (C=O) groups excluding carboxylic acids is 1. The van der Waals surface area contributed by atoms with Gasteiger partial charge in [-0.25, -0.2) is 9.59 Å². The minimum absolute atomic E-state index is 0.0693. The van der Waals surface area contributed by atoms with E-state index in [4.69, 9.17) is 9.90 Å². The zero-order valence-electron chi connectivity index (χ0n) is 18.5. The summed E-state index contributed by atoms with van der Waals surface area (Å²) in [5.74, 6) is -2.76. The molecule has 0 aliphatic carbocycles. The Morgan fingerprint density at radius 1 is 1.22 bits per heavy atom. The zero-order valence-corrected chi connectivity index (χ0v) is 18.5. The average molecular weight is 455 g/mol. The van der Waals surface area contributed by atoms with Gasteiger partial charge in [-0.05, 0) is 25.5 Å². The second-order valence-electron chi connectivity index (χ2n) is 7.97. The Balaban J connectivity index is 0.000000451. The summed E-state index contributed by atoms with van der Waals surface area (Å²) >= 11 is 0. The predicted molar refractivity (Wildman–Crippen MR) is 112 cm³/mol. The molecule has 8 nitrogen and oxygen atoms in total. The highest BCUT2D eigenvalue weighted by molar-refractivity contribution is 5.73. The summed E-state index contributed by atoms with van der Waals surface area (Å²) in [7, 11) is 3.50. The summed E-state index contributed by atoms with van der Waals surface area (Å²) in [4.78, 5) is 24.7. The van der Waals surface area contributed by atoms with E-state index in [9.17, 15) is 18.0 Å². The van der Waals surface area contributed by atoms with Crippen molar-refractivity contribution in [3.8, 4) is 0 Å². The van der Waals surface area contributed by atoms with Crippen molar-refractivity contribution in [2.24, 2.45) is 0 Å². The molecule has 2 N–H and O–H groups in total. The van der Waals surface area contributed by atoms with E-state index in [1.165, 1.54) is 22.4 Å². The van der Waals surface area contributed by atoms with Crippen molar-refractivity contribution < 1.29 is 27.9 Å². The molecular formula is C21H28F3N5O3. The van der Waals surface area contributed by atoms with Gasteiger partial charge in [0.15, 0.2) is 0 Å². The molecule has 0 saturated heterocycles. The molecule has 3 rings (SSSR count). The summed E-state index contributed by atoms with van der Waals surface area (Å²) < 4.78 is 33.8. The van der Waals surface area contributed by atoms with Gasteiger partial charge in [0.1, 0.15) is 0 Å². The van der Waals surface area contributed by atoms with Crippen LogP contribution in [-0.4, -0.2) is 70.0 Å². The maximum Gasteiger partial charge on any atom is 0.490 e. The first-order valence-electron chi connectivity index (χ1n) is 9.94. The maximum absolute atomic E-state index is 11.9. The van der Waals surface area contributed by atoms with E-state index in [1.807, 2.05) is 10.9 Å². The summed E-state index contributed by atoms with van der Waals surface area (Å²) in [5.41, 5.74) is 5.12. The number of hydrogen-bond donors (Lipinski definition) is 2. The Labute approximate surface area is 184 Å². The molecule has 176 valence electrons. The summed E-state index contributed by atoms with van der Waals surface area (Å²) in [5, 5.41) is 14.6. The van der Waals surface area contributed by atoms with E-state index in [2.05, 4.69) is 53.4 Å². The minimum atomic E-state index is -5.08. The number of carbonyl (C=O) groups is 2. The third kappa shape index (κ3) is 7.26. The van der Waals surface area contributed by atoms with Crippen LogP contribution in [0.25, 0.3) is 0 Å². The molecule has 1 atom stereocenters. The molecule has 0 saturated carbocycles. The monoisotopic (exact) mass is 455 g/mol. The van der Waals surface area contributed by atoms with Crippen molar-refractivity contribution >= 4 is 12.0 Å². The zero-order chi connectivity index (χ0) is 24.1. The number of hydrogen-bond acceptors (Lipinski definition) is 4. The standard InChI is InChI=1S/C19H27N5O.C2HF3O2/c1-14-7-15(2)9-16(8-14)11-23-12-17-5-6-21-24(17)18(13-23)10-20-19(25)22(3)4;3-2(4,5)1(6)7/h5-9,18H,10-13H2,1-4H3,(H,20,25);(H,6,7). The van der Waals surface area contributed by atoms with Crippen molar-refractivity contribution in [1.82, 2.24) is 24.9 Å². The third-order valence-corrected chi connectivity index (χ3v) is 4.78.